The van der Waals surface area contributed by atoms with Crippen molar-refractivity contribution in [1.82, 2.24) is 15.0 Å². The van der Waals surface area contributed by atoms with Crippen LogP contribution in [-0.4, -0.2) is 25.6 Å². The fraction of sp³-hybridized carbons (Fsp3) is 0.462. The van der Waals surface area contributed by atoms with Gasteiger partial charge in [-0.3, -0.25) is 0 Å². The largest absolute Gasteiger partial charge is 0.387 e. The van der Waals surface area contributed by atoms with Gasteiger partial charge in [0.05, 0.1) is 16.8 Å². The molecule has 0 spiro atoms. The highest BCUT2D eigenvalue weighted by molar-refractivity contribution is 6.36. The third-order valence-electron chi connectivity index (χ3n) is 2.52. The van der Waals surface area contributed by atoms with Gasteiger partial charge >= 0.3 is 0 Å². The van der Waals surface area contributed by atoms with Gasteiger partial charge in [-0.25, -0.2) is 15.0 Å². The van der Waals surface area contributed by atoms with Crippen molar-refractivity contribution >= 4 is 28.3 Å². The summed E-state index contributed by atoms with van der Waals surface area (Å²) in [6.07, 6.45) is 2.33. The minimum absolute atomic E-state index is 0.172. The van der Waals surface area contributed by atoms with E-state index in [0.717, 1.165) is 0 Å². The lowest BCUT2D eigenvalue weighted by molar-refractivity contribution is 0.195. The van der Waals surface area contributed by atoms with E-state index in [9.17, 15) is 5.11 Å². The maximum Gasteiger partial charge on any atom is 0.153 e. The first-order valence-corrected chi connectivity index (χ1v) is 6.43. The first-order chi connectivity index (χ1) is 8.79. The summed E-state index contributed by atoms with van der Waals surface area (Å²) in [5.41, 5.74) is 0.907. The van der Waals surface area contributed by atoms with Crippen molar-refractivity contribution in [2.24, 2.45) is 0 Å². The van der Waals surface area contributed by atoms with Crippen LogP contribution in [0.4, 0.5) is 5.82 Å². The van der Waals surface area contributed by atoms with Crippen LogP contribution in [0.15, 0.2) is 12.5 Å². The molecule has 0 aromatic carbocycles. The normalized spacial score (nSPS) is 13.6. The predicted molar refractivity (Wildman–Crippen MR) is 76.4 cm³/mol. The maximum atomic E-state index is 9.77. The number of nitrogens with zero attached hydrogens (tertiary/aromatic N) is 3. The molecule has 0 aliphatic rings. The van der Waals surface area contributed by atoms with E-state index in [4.69, 9.17) is 11.6 Å². The van der Waals surface area contributed by atoms with Gasteiger partial charge in [-0.15, -0.1) is 0 Å². The monoisotopic (exact) mass is 280 g/mol. The molecule has 2 N–H and O–H groups in total. The Hall–Kier alpha value is -1.46. The van der Waals surface area contributed by atoms with E-state index in [1.165, 1.54) is 6.33 Å². The summed E-state index contributed by atoms with van der Waals surface area (Å²) < 4.78 is 0. The number of aliphatic hydroxyl groups excluding tert-OH is 1. The number of nitrogens with one attached hydrogen (secondary N) is 1. The van der Waals surface area contributed by atoms with Crippen LogP contribution in [0.3, 0.4) is 0 Å². The zero-order chi connectivity index (χ0) is 14.2. The zero-order valence-electron chi connectivity index (χ0n) is 11.4. The van der Waals surface area contributed by atoms with Crippen LogP contribution in [-0.2, 0) is 0 Å². The Balaban J connectivity index is 2.71. The molecule has 0 radical (unpaired) electrons. The molecule has 0 unspecified atom stereocenters. The molecule has 102 valence electrons. The molecule has 6 heteroatoms. The molecule has 0 saturated carbocycles. The molecule has 0 aliphatic carbocycles. The molecule has 2 rings (SSSR count). The molecule has 0 aliphatic heterocycles. The summed E-state index contributed by atoms with van der Waals surface area (Å²) in [4.78, 5) is 12.6. The van der Waals surface area contributed by atoms with E-state index < -0.39 is 6.10 Å². The first kappa shape index (κ1) is 14.0. The molecule has 0 amide bonds. The van der Waals surface area contributed by atoms with Crippen molar-refractivity contribution in [2.75, 3.05) is 5.32 Å². The summed E-state index contributed by atoms with van der Waals surface area (Å²) in [7, 11) is 0. The number of fused-ring (bicyclic) bond motifs is 1. The van der Waals surface area contributed by atoms with Gasteiger partial charge in [0.1, 0.15) is 11.8 Å². The van der Waals surface area contributed by atoms with Crippen molar-refractivity contribution in [3.8, 4) is 0 Å². The van der Waals surface area contributed by atoms with E-state index in [0.29, 0.717) is 27.4 Å². The third kappa shape index (κ3) is 2.93. The molecule has 2 heterocycles. The quantitative estimate of drug-likeness (QED) is 0.885. The molecule has 19 heavy (non-hydrogen) atoms. The number of anilines is 1. The molecule has 2 aromatic heterocycles. The molecule has 0 saturated heterocycles. The minimum Gasteiger partial charge on any atom is -0.387 e. The van der Waals surface area contributed by atoms with Crippen LogP contribution in [0, 0.1) is 0 Å². The molecular weight excluding hydrogens is 264 g/mol. The summed E-state index contributed by atoms with van der Waals surface area (Å²) in [5, 5.41) is 14.1. The lowest BCUT2D eigenvalue weighted by Crippen LogP contribution is -2.27. The lowest BCUT2D eigenvalue weighted by atomic mass is 10.1. The minimum atomic E-state index is -0.752. The number of aromatic nitrogens is 3. The van der Waals surface area contributed by atoms with Crippen LogP contribution in [0.5, 0.6) is 0 Å². The van der Waals surface area contributed by atoms with Crippen molar-refractivity contribution in [3.63, 3.8) is 0 Å². The fourth-order valence-corrected chi connectivity index (χ4v) is 2.10. The number of pyridine rings is 1. The molecule has 0 fully saturated rings. The van der Waals surface area contributed by atoms with Crippen LogP contribution in [0.2, 0.25) is 5.02 Å². The van der Waals surface area contributed by atoms with Crippen LogP contribution in [0.1, 0.15) is 39.5 Å². The summed E-state index contributed by atoms with van der Waals surface area (Å²) >= 11 is 6.25. The van der Waals surface area contributed by atoms with Gasteiger partial charge in [-0.1, -0.05) is 11.6 Å². The second-order valence-electron chi connectivity index (χ2n) is 5.50. The average Bonchev–Trinajstić information content (AvgIpc) is 2.31. The molecular formula is C13H17ClN4O. The third-order valence-corrected chi connectivity index (χ3v) is 2.92. The summed E-state index contributed by atoms with van der Waals surface area (Å²) in [6, 6.07) is 0. The SMILES string of the molecule is C[C@@H](O)c1nc(NC(C)(C)C)c2ncncc2c1Cl. The number of rotatable bonds is 2. The van der Waals surface area contributed by atoms with Gasteiger partial charge in [0, 0.05) is 17.1 Å². The zero-order valence-corrected chi connectivity index (χ0v) is 12.2. The van der Waals surface area contributed by atoms with Gasteiger partial charge in [-0.2, -0.15) is 0 Å². The average molecular weight is 281 g/mol. The second kappa shape index (κ2) is 4.90. The molecule has 1 atom stereocenters. The molecule has 5 nitrogen and oxygen atoms in total. The smallest absolute Gasteiger partial charge is 0.153 e. The number of halogens is 1. The van der Waals surface area contributed by atoms with E-state index >= 15 is 0 Å². The number of hydrogen-bond acceptors (Lipinski definition) is 5. The maximum absolute atomic E-state index is 9.77. The topological polar surface area (TPSA) is 70.9 Å². The fourth-order valence-electron chi connectivity index (χ4n) is 1.76. The van der Waals surface area contributed by atoms with Crippen LogP contribution in [0.25, 0.3) is 10.9 Å². The number of aliphatic hydroxyl groups is 1. The van der Waals surface area contributed by atoms with Gasteiger partial charge in [-0.05, 0) is 27.7 Å². The van der Waals surface area contributed by atoms with E-state index in [1.807, 2.05) is 20.8 Å². The Labute approximate surface area is 117 Å². The van der Waals surface area contributed by atoms with Crippen molar-refractivity contribution in [3.05, 3.63) is 23.2 Å². The lowest BCUT2D eigenvalue weighted by Gasteiger charge is -2.23. The van der Waals surface area contributed by atoms with E-state index in [2.05, 4.69) is 20.3 Å². The molecule has 0 bridgehead atoms. The Kier molecular flexibility index (Phi) is 3.60. The first-order valence-electron chi connectivity index (χ1n) is 6.05. The summed E-state index contributed by atoms with van der Waals surface area (Å²) in [6.45, 7) is 7.71. The van der Waals surface area contributed by atoms with Gasteiger partial charge in [0.15, 0.2) is 5.82 Å². The van der Waals surface area contributed by atoms with Crippen molar-refractivity contribution in [2.45, 2.75) is 39.3 Å². The van der Waals surface area contributed by atoms with E-state index in [1.54, 1.807) is 13.1 Å². The Morgan fingerprint density at radius 2 is 2.05 bits per heavy atom. The summed E-state index contributed by atoms with van der Waals surface area (Å²) in [5.74, 6) is 0.602. The Morgan fingerprint density at radius 3 is 2.63 bits per heavy atom. The van der Waals surface area contributed by atoms with E-state index in [-0.39, 0.29) is 5.54 Å². The highest BCUT2D eigenvalue weighted by Gasteiger charge is 2.19. The molecule has 2 aromatic rings. The van der Waals surface area contributed by atoms with Gasteiger partial charge in [0.2, 0.25) is 0 Å². The predicted octanol–water partition coefficient (Wildman–Crippen LogP) is 2.94. The Bertz CT molecular complexity index is 607. The van der Waals surface area contributed by atoms with Crippen LogP contribution >= 0.6 is 11.6 Å². The highest BCUT2D eigenvalue weighted by Crippen LogP contribution is 2.32. The van der Waals surface area contributed by atoms with Crippen molar-refractivity contribution < 1.29 is 5.11 Å². The Morgan fingerprint density at radius 1 is 1.37 bits per heavy atom. The second-order valence-corrected chi connectivity index (χ2v) is 5.87. The van der Waals surface area contributed by atoms with Gasteiger partial charge in [0.25, 0.3) is 0 Å². The van der Waals surface area contributed by atoms with Gasteiger partial charge < -0.3 is 10.4 Å². The van der Waals surface area contributed by atoms with Crippen molar-refractivity contribution in [1.29, 1.82) is 0 Å². The van der Waals surface area contributed by atoms with Crippen LogP contribution < -0.4 is 5.32 Å². The standard InChI is InChI=1S/C13H17ClN4O/c1-7(19)10-9(14)8-5-15-6-16-11(8)12(17-10)18-13(2,3)4/h5-7,19H,1-4H3,(H,17,18)/t7-/m1/s1. The highest BCUT2D eigenvalue weighted by atomic mass is 35.5. The number of hydrogen-bond donors (Lipinski definition) is 2.